The zero-order valence-electron chi connectivity index (χ0n) is 11.2. The summed E-state index contributed by atoms with van der Waals surface area (Å²) < 4.78 is 26.4. The predicted octanol–water partition coefficient (Wildman–Crippen LogP) is -0.278. The molecule has 0 aliphatic carbocycles. The van der Waals surface area contributed by atoms with Gasteiger partial charge in [-0.25, -0.2) is 17.9 Å². The number of nitrogens with one attached hydrogen (secondary N) is 1. The lowest BCUT2D eigenvalue weighted by molar-refractivity contribution is -0.131. The van der Waals surface area contributed by atoms with E-state index in [4.69, 9.17) is 10.8 Å². The first-order valence-corrected chi connectivity index (χ1v) is 7.35. The van der Waals surface area contributed by atoms with Gasteiger partial charge >= 0.3 is 5.97 Å². The summed E-state index contributed by atoms with van der Waals surface area (Å²) in [6, 6.07) is 0.608. The number of pyridine rings is 1. The average Bonchev–Trinajstić information content (AvgIpc) is 2.35. The predicted molar refractivity (Wildman–Crippen MR) is 74.5 cm³/mol. The molecular formula is C12H15N3O5S. The lowest BCUT2D eigenvalue weighted by Gasteiger charge is -2.12. The van der Waals surface area contributed by atoms with Crippen molar-refractivity contribution in [3.05, 3.63) is 30.1 Å². The Hall–Kier alpha value is -2.26. The van der Waals surface area contributed by atoms with Crippen LogP contribution in [0.1, 0.15) is 18.9 Å². The summed E-state index contributed by atoms with van der Waals surface area (Å²) in [4.78, 5) is 24.8. The zero-order chi connectivity index (χ0) is 16.0. The van der Waals surface area contributed by atoms with Crippen molar-refractivity contribution in [1.29, 1.82) is 0 Å². The molecular weight excluding hydrogens is 298 g/mol. The number of aliphatic carboxylic acids is 1. The number of carboxylic acids is 1. The fourth-order valence-electron chi connectivity index (χ4n) is 1.52. The van der Waals surface area contributed by atoms with Gasteiger partial charge in [0.25, 0.3) is 0 Å². The van der Waals surface area contributed by atoms with Gasteiger partial charge in [0, 0.05) is 30.9 Å². The van der Waals surface area contributed by atoms with Crippen LogP contribution in [0.25, 0.3) is 6.08 Å². The Kier molecular flexibility index (Phi) is 5.56. The van der Waals surface area contributed by atoms with Gasteiger partial charge in [0.2, 0.25) is 15.9 Å². The molecule has 0 saturated carbocycles. The minimum absolute atomic E-state index is 0.133. The van der Waals surface area contributed by atoms with E-state index in [0.29, 0.717) is 5.56 Å². The van der Waals surface area contributed by atoms with Gasteiger partial charge in [0.05, 0.1) is 0 Å². The highest BCUT2D eigenvalue weighted by Gasteiger charge is 2.19. The van der Waals surface area contributed by atoms with Gasteiger partial charge in [0.1, 0.15) is 4.90 Å². The molecule has 21 heavy (non-hydrogen) atoms. The Morgan fingerprint density at radius 1 is 1.48 bits per heavy atom. The third-order valence-electron chi connectivity index (χ3n) is 2.33. The Bertz CT molecular complexity index is 669. The molecule has 1 unspecified atom stereocenters. The van der Waals surface area contributed by atoms with Gasteiger partial charge in [-0.1, -0.05) is 0 Å². The number of hydrogen-bond acceptors (Lipinski definition) is 5. The summed E-state index contributed by atoms with van der Waals surface area (Å²) in [6.07, 6.45) is 4.41. The van der Waals surface area contributed by atoms with Crippen molar-refractivity contribution in [3.63, 3.8) is 0 Å². The fraction of sp³-hybridized carbons (Fsp3) is 0.250. The van der Waals surface area contributed by atoms with Gasteiger partial charge in [-0.3, -0.25) is 9.78 Å². The molecule has 1 atom stereocenters. The molecule has 1 rings (SSSR count). The standard InChI is InChI=1S/C12H15N3O5S/c1-8(4-11(13)16)15-21(19,20)10-5-9(6-14-7-10)2-3-12(17)18/h2-3,5-8,15H,4H2,1H3,(H2,13,16)(H,17,18)/b3-2+. The van der Waals surface area contributed by atoms with Crippen LogP contribution in [0.2, 0.25) is 0 Å². The van der Waals surface area contributed by atoms with Gasteiger partial charge in [-0.15, -0.1) is 0 Å². The first-order chi connectivity index (χ1) is 9.70. The second-order valence-corrected chi connectivity index (χ2v) is 6.03. The van der Waals surface area contributed by atoms with E-state index in [-0.39, 0.29) is 11.3 Å². The first kappa shape index (κ1) is 16.8. The summed E-state index contributed by atoms with van der Waals surface area (Å²) in [7, 11) is -3.87. The molecule has 0 radical (unpaired) electrons. The number of carboxylic acid groups (broad SMARTS) is 1. The van der Waals surface area contributed by atoms with Crippen molar-refractivity contribution in [3.8, 4) is 0 Å². The Balaban J connectivity index is 2.96. The third kappa shape index (κ3) is 5.71. The van der Waals surface area contributed by atoms with Crippen LogP contribution in [0, 0.1) is 0 Å². The minimum atomic E-state index is -3.87. The second-order valence-electron chi connectivity index (χ2n) is 4.32. The Labute approximate surface area is 121 Å². The van der Waals surface area contributed by atoms with Gasteiger partial charge in [0.15, 0.2) is 0 Å². The topological polar surface area (TPSA) is 139 Å². The summed E-state index contributed by atoms with van der Waals surface area (Å²) in [5, 5.41) is 8.53. The Morgan fingerprint density at radius 3 is 2.71 bits per heavy atom. The summed E-state index contributed by atoms with van der Waals surface area (Å²) in [6.45, 7) is 1.50. The lowest BCUT2D eigenvalue weighted by atomic mass is 10.2. The maximum Gasteiger partial charge on any atom is 0.328 e. The molecule has 0 spiro atoms. The summed E-state index contributed by atoms with van der Waals surface area (Å²) >= 11 is 0. The van der Waals surface area contributed by atoms with Crippen LogP contribution in [0.5, 0.6) is 0 Å². The quantitative estimate of drug-likeness (QED) is 0.592. The summed E-state index contributed by atoms with van der Waals surface area (Å²) in [5.74, 6) is -1.78. The smallest absolute Gasteiger partial charge is 0.328 e. The van der Waals surface area contributed by atoms with Crippen LogP contribution >= 0.6 is 0 Å². The monoisotopic (exact) mass is 313 g/mol. The maximum absolute atomic E-state index is 12.1. The van der Waals surface area contributed by atoms with E-state index >= 15 is 0 Å². The van der Waals surface area contributed by atoms with E-state index in [9.17, 15) is 18.0 Å². The van der Waals surface area contributed by atoms with Crippen molar-refractivity contribution in [1.82, 2.24) is 9.71 Å². The SMILES string of the molecule is CC(CC(N)=O)NS(=O)(=O)c1cncc(/C=C/C(=O)O)c1. The molecule has 0 saturated heterocycles. The molecule has 1 amide bonds. The first-order valence-electron chi connectivity index (χ1n) is 5.87. The van der Waals surface area contributed by atoms with Crippen molar-refractivity contribution in [2.75, 3.05) is 0 Å². The number of nitrogens with zero attached hydrogens (tertiary/aromatic N) is 1. The number of sulfonamides is 1. The second kappa shape index (κ2) is 6.95. The molecule has 0 aliphatic rings. The van der Waals surface area contributed by atoms with Crippen molar-refractivity contribution in [2.24, 2.45) is 5.73 Å². The number of carbonyl (C=O) groups excluding carboxylic acids is 1. The van der Waals surface area contributed by atoms with Crippen LogP contribution < -0.4 is 10.5 Å². The molecule has 1 aromatic rings. The Morgan fingerprint density at radius 2 is 2.14 bits per heavy atom. The van der Waals surface area contributed by atoms with Crippen LogP contribution in [0.4, 0.5) is 0 Å². The minimum Gasteiger partial charge on any atom is -0.478 e. The van der Waals surface area contributed by atoms with Crippen LogP contribution in [-0.4, -0.2) is 36.4 Å². The molecule has 0 aliphatic heterocycles. The molecule has 9 heteroatoms. The number of nitrogens with two attached hydrogens (primary N) is 1. The van der Waals surface area contributed by atoms with Gasteiger partial charge < -0.3 is 10.8 Å². The third-order valence-corrected chi connectivity index (χ3v) is 3.88. The van der Waals surface area contributed by atoms with E-state index in [1.165, 1.54) is 25.3 Å². The highest BCUT2D eigenvalue weighted by atomic mass is 32.2. The number of carbonyl (C=O) groups is 2. The van der Waals surface area contributed by atoms with Gasteiger partial charge in [-0.05, 0) is 24.6 Å². The molecule has 4 N–H and O–H groups in total. The van der Waals surface area contributed by atoms with Crippen molar-refractivity contribution < 1.29 is 23.1 Å². The van der Waals surface area contributed by atoms with Crippen molar-refractivity contribution in [2.45, 2.75) is 24.3 Å². The number of rotatable bonds is 7. The molecule has 0 aromatic carbocycles. The molecule has 114 valence electrons. The molecule has 0 bridgehead atoms. The van der Waals surface area contributed by atoms with E-state index in [0.717, 1.165) is 12.3 Å². The summed E-state index contributed by atoms with van der Waals surface area (Å²) in [5.41, 5.74) is 5.31. The normalized spacial score (nSPS) is 13.2. The maximum atomic E-state index is 12.1. The van der Waals surface area contributed by atoms with E-state index in [2.05, 4.69) is 9.71 Å². The highest BCUT2D eigenvalue weighted by molar-refractivity contribution is 7.89. The highest BCUT2D eigenvalue weighted by Crippen LogP contribution is 2.12. The molecule has 1 heterocycles. The number of hydrogen-bond donors (Lipinski definition) is 3. The average molecular weight is 313 g/mol. The van der Waals surface area contributed by atoms with Gasteiger partial charge in [-0.2, -0.15) is 0 Å². The van der Waals surface area contributed by atoms with E-state index in [1.54, 1.807) is 0 Å². The number of aromatic nitrogens is 1. The zero-order valence-corrected chi connectivity index (χ0v) is 12.0. The number of primary amides is 1. The van der Waals surface area contributed by atoms with E-state index < -0.39 is 27.9 Å². The molecule has 8 nitrogen and oxygen atoms in total. The van der Waals surface area contributed by atoms with Crippen LogP contribution in [-0.2, 0) is 19.6 Å². The number of amides is 1. The molecule has 1 aromatic heterocycles. The molecule has 0 fully saturated rings. The van der Waals surface area contributed by atoms with Crippen molar-refractivity contribution >= 4 is 28.0 Å². The largest absolute Gasteiger partial charge is 0.478 e. The van der Waals surface area contributed by atoms with E-state index in [1.807, 2.05) is 0 Å². The van der Waals surface area contributed by atoms with Crippen LogP contribution in [0.15, 0.2) is 29.4 Å². The lowest BCUT2D eigenvalue weighted by Crippen LogP contribution is -2.35. The van der Waals surface area contributed by atoms with Crippen LogP contribution in [0.3, 0.4) is 0 Å². The fourth-order valence-corrected chi connectivity index (χ4v) is 2.76.